The third-order valence-corrected chi connectivity index (χ3v) is 3.72. The molecule has 0 fully saturated rings. The highest BCUT2D eigenvalue weighted by molar-refractivity contribution is 6.08. The highest BCUT2D eigenvalue weighted by Crippen LogP contribution is 2.31. The summed E-state index contributed by atoms with van der Waals surface area (Å²) in [6.45, 7) is 3.62. The summed E-state index contributed by atoms with van der Waals surface area (Å²) in [5.74, 6) is -0.334. The Hall–Kier alpha value is -2.67. The van der Waals surface area contributed by atoms with Crippen molar-refractivity contribution in [2.45, 2.75) is 19.9 Å². The highest BCUT2D eigenvalue weighted by atomic mass is 16.5. The van der Waals surface area contributed by atoms with Gasteiger partial charge in [0.25, 0.3) is 0 Å². The van der Waals surface area contributed by atoms with Gasteiger partial charge >= 0.3 is 5.97 Å². The molecule has 23 heavy (non-hydrogen) atoms. The van der Waals surface area contributed by atoms with Crippen molar-refractivity contribution in [3.8, 4) is 0 Å². The molecule has 0 spiro atoms. The van der Waals surface area contributed by atoms with Gasteiger partial charge in [0.1, 0.15) is 16.9 Å². The maximum atomic E-state index is 12.3. The molecule has 0 aliphatic rings. The van der Waals surface area contributed by atoms with Gasteiger partial charge in [0, 0.05) is 0 Å². The number of benzene rings is 1. The van der Waals surface area contributed by atoms with Crippen molar-refractivity contribution >= 4 is 34.0 Å². The number of aromatic nitrogens is 3. The van der Waals surface area contributed by atoms with Crippen LogP contribution in [-0.4, -0.2) is 38.8 Å². The SMILES string of the molecule is CCOC(=O)c1c(N)n(C(C)CO)c2nc3ccccc3nc12. The summed E-state index contributed by atoms with van der Waals surface area (Å²) in [4.78, 5) is 21.4. The Bertz CT molecular complexity index is 888. The van der Waals surface area contributed by atoms with Gasteiger partial charge in [-0.2, -0.15) is 0 Å². The summed E-state index contributed by atoms with van der Waals surface area (Å²) in [5, 5.41) is 9.50. The highest BCUT2D eigenvalue weighted by Gasteiger charge is 2.26. The normalized spacial score (nSPS) is 12.7. The van der Waals surface area contributed by atoms with E-state index in [1.807, 2.05) is 24.3 Å². The third kappa shape index (κ3) is 2.39. The van der Waals surface area contributed by atoms with Crippen LogP contribution in [0.5, 0.6) is 0 Å². The largest absolute Gasteiger partial charge is 0.462 e. The Kier molecular flexibility index (Phi) is 3.87. The van der Waals surface area contributed by atoms with Crippen molar-refractivity contribution in [3.05, 3.63) is 29.8 Å². The number of nitrogen functional groups attached to an aromatic ring is 1. The predicted molar refractivity (Wildman–Crippen MR) is 87.2 cm³/mol. The van der Waals surface area contributed by atoms with Crippen LogP contribution in [0.1, 0.15) is 30.2 Å². The zero-order valence-corrected chi connectivity index (χ0v) is 13.0. The summed E-state index contributed by atoms with van der Waals surface area (Å²) in [6.07, 6.45) is 0. The fourth-order valence-electron chi connectivity index (χ4n) is 2.61. The van der Waals surface area contributed by atoms with Gasteiger partial charge in [-0.15, -0.1) is 0 Å². The molecule has 3 aromatic rings. The van der Waals surface area contributed by atoms with Crippen molar-refractivity contribution in [1.29, 1.82) is 0 Å². The minimum Gasteiger partial charge on any atom is -0.462 e. The first-order chi connectivity index (χ1) is 11.1. The summed E-state index contributed by atoms with van der Waals surface area (Å²) < 4.78 is 6.72. The molecule has 2 heterocycles. The number of esters is 1. The molecule has 0 saturated heterocycles. The van der Waals surface area contributed by atoms with Crippen LogP contribution in [0.4, 0.5) is 5.82 Å². The fourth-order valence-corrected chi connectivity index (χ4v) is 2.61. The Balaban J connectivity index is 2.39. The van der Waals surface area contributed by atoms with Crippen LogP contribution >= 0.6 is 0 Å². The molecule has 0 bridgehead atoms. The van der Waals surface area contributed by atoms with Crippen LogP contribution in [0.2, 0.25) is 0 Å². The second kappa shape index (κ2) is 5.85. The summed E-state index contributed by atoms with van der Waals surface area (Å²) in [6, 6.07) is 7.03. The van der Waals surface area contributed by atoms with Gasteiger partial charge in [0.15, 0.2) is 5.65 Å². The molecule has 7 heteroatoms. The van der Waals surface area contributed by atoms with Gasteiger partial charge in [-0.3, -0.25) is 0 Å². The molecule has 0 saturated carbocycles. The number of fused-ring (bicyclic) bond motifs is 2. The topological polar surface area (TPSA) is 103 Å². The first-order valence-corrected chi connectivity index (χ1v) is 7.42. The van der Waals surface area contributed by atoms with Gasteiger partial charge in [-0.05, 0) is 26.0 Å². The Labute approximate surface area is 132 Å². The number of carbonyl (C=O) groups excluding carboxylic acids is 1. The molecule has 2 aromatic heterocycles. The van der Waals surface area contributed by atoms with Crippen molar-refractivity contribution in [3.63, 3.8) is 0 Å². The molecular weight excluding hydrogens is 296 g/mol. The molecular formula is C16H18N4O3. The van der Waals surface area contributed by atoms with Crippen molar-refractivity contribution in [2.24, 2.45) is 0 Å². The molecule has 0 amide bonds. The molecule has 3 rings (SSSR count). The van der Waals surface area contributed by atoms with Gasteiger partial charge in [-0.1, -0.05) is 12.1 Å². The number of nitrogens with two attached hydrogens (primary N) is 1. The van der Waals surface area contributed by atoms with E-state index >= 15 is 0 Å². The second-order valence-electron chi connectivity index (χ2n) is 5.27. The van der Waals surface area contributed by atoms with Crippen LogP contribution in [0.25, 0.3) is 22.2 Å². The van der Waals surface area contributed by atoms with E-state index in [9.17, 15) is 9.90 Å². The van der Waals surface area contributed by atoms with Gasteiger partial charge < -0.3 is 20.1 Å². The average Bonchev–Trinajstić information content (AvgIpc) is 2.83. The molecule has 120 valence electrons. The maximum Gasteiger partial charge on any atom is 0.344 e. The van der Waals surface area contributed by atoms with E-state index in [4.69, 9.17) is 10.5 Å². The number of aliphatic hydroxyl groups excluding tert-OH is 1. The lowest BCUT2D eigenvalue weighted by atomic mass is 10.2. The molecule has 0 radical (unpaired) electrons. The number of hydrogen-bond donors (Lipinski definition) is 2. The number of para-hydroxylation sites is 2. The molecule has 0 aliphatic heterocycles. The molecule has 0 aliphatic carbocycles. The lowest BCUT2D eigenvalue weighted by Crippen LogP contribution is -2.14. The Morgan fingerprint density at radius 2 is 2.00 bits per heavy atom. The molecule has 3 N–H and O–H groups in total. The van der Waals surface area contributed by atoms with Crippen molar-refractivity contribution in [1.82, 2.24) is 14.5 Å². The summed E-state index contributed by atoms with van der Waals surface area (Å²) in [5.41, 5.74) is 8.56. The molecule has 1 unspecified atom stereocenters. The number of anilines is 1. The summed E-state index contributed by atoms with van der Waals surface area (Å²) >= 11 is 0. The zero-order valence-electron chi connectivity index (χ0n) is 13.0. The van der Waals surface area contributed by atoms with Crippen molar-refractivity contribution in [2.75, 3.05) is 18.9 Å². The van der Waals surface area contributed by atoms with Crippen molar-refractivity contribution < 1.29 is 14.6 Å². The van der Waals surface area contributed by atoms with E-state index in [1.165, 1.54) is 0 Å². The third-order valence-electron chi connectivity index (χ3n) is 3.72. The zero-order chi connectivity index (χ0) is 16.6. The van der Waals surface area contributed by atoms with Crippen LogP contribution in [0.3, 0.4) is 0 Å². The van der Waals surface area contributed by atoms with Crippen LogP contribution in [-0.2, 0) is 4.74 Å². The number of rotatable bonds is 4. The number of nitrogens with zero attached hydrogens (tertiary/aromatic N) is 3. The van der Waals surface area contributed by atoms with Crippen LogP contribution in [0.15, 0.2) is 24.3 Å². The van der Waals surface area contributed by atoms with E-state index in [0.717, 1.165) is 0 Å². The number of carbonyl (C=O) groups is 1. The van der Waals surface area contributed by atoms with E-state index in [2.05, 4.69) is 9.97 Å². The van der Waals surface area contributed by atoms with Gasteiger partial charge in [-0.25, -0.2) is 14.8 Å². The quantitative estimate of drug-likeness (QED) is 0.713. The Morgan fingerprint density at radius 1 is 1.35 bits per heavy atom. The smallest absolute Gasteiger partial charge is 0.344 e. The van der Waals surface area contributed by atoms with E-state index in [-0.39, 0.29) is 30.6 Å². The lowest BCUT2D eigenvalue weighted by Gasteiger charge is -2.13. The monoisotopic (exact) mass is 314 g/mol. The van der Waals surface area contributed by atoms with E-state index < -0.39 is 5.97 Å². The molecule has 1 aromatic carbocycles. The van der Waals surface area contributed by atoms with Gasteiger partial charge in [0.2, 0.25) is 0 Å². The lowest BCUT2D eigenvalue weighted by molar-refractivity contribution is 0.0529. The predicted octanol–water partition coefficient (Wildman–Crippen LogP) is 1.90. The average molecular weight is 314 g/mol. The van der Waals surface area contributed by atoms with E-state index in [0.29, 0.717) is 22.2 Å². The maximum absolute atomic E-state index is 12.3. The second-order valence-corrected chi connectivity index (χ2v) is 5.27. The molecule has 7 nitrogen and oxygen atoms in total. The van der Waals surface area contributed by atoms with Crippen LogP contribution in [0, 0.1) is 0 Å². The van der Waals surface area contributed by atoms with E-state index in [1.54, 1.807) is 18.4 Å². The van der Waals surface area contributed by atoms with Gasteiger partial charge in [0.05, 0.1) is 30.3 Å². The summed E-state index contributed by atoms with van der Waals surface area (Å²) in [7, 11) is 0. The van der Waals surface area contributed by atoms with Crippen LogP contribution < -0.4 is 5.73 Å². The fraction of sp³-hybridized carbons (Fsp3) is 0.312. The Morgan fingerprint density at radius 3 is 2.61 bits per heavy atom. The minimum absolute atomic E-state index is 0.134. The number of hydrogen-bond acceptors (Lipinski definition) is 6. The first kappa shape index (κ1) is 15.2. The molecule has 1 atom stereocenters. The number of aliphatic hydroxyl groups is 1. The first-order valence-electron chi connectivity index (χ1n) is 7.42. The minimum atomic E-state index is -0.538. The number of ether oxygens (including phenoxy) is 1. The standard InChI is InChI=1S/C16H18N4O3/c1-3-23-16(22)12-13-15(20(14(12)17)9(2)8-21)19-11-7-5-4-6-10(11)18-13/h4-7,9,21H,3,8,17H2,1-2H3.